The Morgan fingerprint density at radius 2 is 1.73 bits per heavy atom. The predicted molar refractivity (Wildman–Crippen MR) is 117 cm³/mol. The summed E-state index contributed by atoms with van der Waals surface area (Å²) < 4.78 is 13.5. The van der Waals surface area contributed by atoms with E-state index in [0.29, 0.717) is 17.2 Å². The number of piperidine rings is 1. The molecule has 0 saturated carbocycles. The summed E-state index contributed by atoms with van der Waals surface area (Å²) >= 11 is 0. The second-order valence-corrected chi connectivity index (χ2v) is 8.37. The number of carbonyl (C=O) groups is 2. The highest BCUT2D eigenvalue weighted by Crippen LogP contribution is 2.30. The molecule has 0 spiro atoms. The molecule has 2 saturated heterocycles. The second kappa shape index (κ2) is 8.86. The fraction of sp³-hybridized carbons (Fsp3) is 0.417. The van der Waals surface area contributed by atoms with Gasteiger partial charge in [-0.15, -0.1) is 0 Å². The van der Waals surface area contributed by atoms with Gasteiger partial charge in [0.05, 0.1) is 5.56 Å². The standard InChI is InChI=1S/C24H28FN3O2/c1-17-9-13-27(14-10-17)22-8-7-20(16-21(22)24(30)28-11-2-3-12-28)26-23(29)18-5-4-6-19(25)15-18/h4-8,15-17H,2-3,9-14H2,1H3,(H,26,29). The molecule has 1 N–H and O–H groups in total. The zero-order chi connectivity index (χ0) is 21.1. The van der Waals surface area contributed by atoms with Crippen LogP contribution in [0.1, 0.15) is 53.3 Å². The number of hydrogen-bond acceptors (Lipinski definition) is 3. The van der Waals surface area contributed by atoms with Crippen LogP contribution in [0.4, 0.5) is 15.8 Å². The number of benzene rings is 2. The van der Waals surface area contributed by atoms with E-state index in [2.05, 4.69) is 17.1 Å². The monoisotopic (exact) mass is 409 g/mol. The van der Waals surface area contributed by atoms with Gasteiger partial charge in [0.2, 0.25) is 0 Å². The van der Waals surface area contributed by atoms with Gasteiger partial charge in [0.1, 0.15) is 5.82 Å². The van der Waals surface area contributed by atoms with Gasteiger partial charge in [-0.25, -0.2) is 4.39 Å². The van der Waals surface area contributed by atoms with Crippen LogP contribution in [-0.4, -0.2) is 42.9 Å². The summed E-state index contributed by atoms with van der Waals surface area (Å²) in [6, 6.07) is 11.1. The Hall–Kier alpha value is -2.89. The third-order valence-corrected chi connectivity index (χ3v) is 6.09. The van der Waals surface area contributed by atoms with Crippen molar-refractivity contribution in [3.63, 3.8) is 0 Å². The summed E-state index contributed by atoms with van der Waals surface area (Å²) in [5.41, 5.74) is 2.35. The summed E-state index contributed by atoms with van der Waals surface area (Å²) in [5.74, 6) is -0.136. The molecular formula is C24H28FN3O2. The number of rotatable bonds is 4. The molecule has 2 fully saturated rings. The smallest absolute Gasteiger partial charge is 0.256 e. The summed E-state index contributed by atoms with van der Waals surface area (Å²) in [7, 11) is 0. The molecular weight excluding hydrogens is 381 g/mol. The lowest BCUT2D eigenvalue weighted by Crippen LogP contribution is -2.35. The predicted octanol–water partition coefficient (Wildman–Crippen LogP) is 4.55. The molecule has 0 unspecified atom stereocenters. The first kappa shape index (κ1) is 20.4. The van der Waals surface area contributed by atoms with Crippen molar-refractivity contribution in [2.24, 2.45) is 5.92 Å². The first-order chi connectivity index (χ1) is 14.5. The largest absolute Gasteiger partial charge is 0.371 e. The van der Waals surface area contributed by atoms with Gasteiger partial charge in [-0.05, 0) is 68.0 Å². The van der Waals surface area contributed by atoms with E-state index in [9.17, 15) is 14.0 Å². The molecule has 5 nitrogen and oxygen atoms in total. The molecule has 2 amide bonds. The van der Waals surface area contributed by atoms with Gasteiger partial charge in [-0.3, -0.25) is 9.59 Å². The first-order valence-electron chi connectivity index (χ1n) is 10.8. The topological polar surface area (TPSA) is 52.7 Å². The average Bonchev–Trinajstić information content (AvgIpc) is 3.29. The van der Waals surface area contributed by atoms with Crippen molar-refractivity contribution >= 4 is 23.2 Å². The Morgan fingerprint density at radius 3 is 2.43 bits per heavy atom. The highest BCUT2D eigenvalue weighted by molar-refractivity contribution is 6.06. The Bertz CT molecular complexity index is 932. The van der Waals surface area contributed by atoms with Crippen molar-refractivity contribution in [2.75, 3.05) is 36.4 Å². The van der Waals surface area contributed by atoms with E-state index in [1.807, 2.05) is 17.0 Å². The summed E-state index contributed by atoms with van der Waals surface area (Å²) in [4.78, 5) is 30.0. The molecule has 6 heteroatoms. The van der Waals surface area contributed by atoms with Crippen LogP contribution in [0.2, 0.25) is 0 Å². The molecule has 158 valence electrons. The number of anilines is 2. The van der Waals surface area contributed by atoms with Crippen molar-refractivity contribution in [1.82, 2.24) is 4.90 Å². The Labute approximate surface area is 176 Å². The molecule has 2 aliphatic heterocycles. The van der Waals surface area contributed by atoms with Crippen LogP contribution in [0.5, 0.6) is 0 Å². The van der Waals surface area contributed by atoms with Crippen LogP contribution < -0.4 is 10.2 Å². The van der Waals surface area contributed by atoms with Crippen molar-refractivity contribution in [1.29, 1.82) is 0 Å². The minimum atomic E-state index is -0.456. The number of nitrogens with zero attached hydrogens (tertiary/aromatic N) is 2. The lowest BCUT2D eigenvalue weighted by molar-refractivity contribution is 0.0793. The molecule has 0 atom stereocenters. The summed E-state index contributed by atoms with van der Waals surface area (Å²) in [5, 5.41) is 2.81. The van der Waals surface area contributed by atoms with Crippen LogP contribution in [-0.2, 0) is 0 Å². The van der Waals surface area contributed by atoms with Gasteiger partial charge in [-0.2, -0.15) is 0 Å². The van der Waals surface area contributed by atoms with Gasteiger partial charge < -0.3 is 15.1 Å². The summed E-state index contributed by atoms with van der Waals surface area (Å²) in [6.07, 6.45) is 4.27. The fourth-order valence-electron chi connectivity index (χ4n) is 4.23. The van der Waals surface area contributed by atoms with Gasteiger partial charge in [-0.1, -0.05) is 13.0 Å². The van der Waals surface area contributed by atoms with E-state index < -0.39 is 11.7 Å². The minimum Gasteiger partial charge on any atom is -0.371 e. The molecule has 0 radical (unpaired) electrons. The quantitative estimate of drug-likeness (QED) is 0.806. The fourth-order valence-corrected chi connectivity index (χ4v) is 4.23. The van der Waals surface area contributed by atoms with E-state index in [-0.39, 0.29) is 11.5 Å². The Morgan fingerprint density at radius 1 is 1.00 bits per heavy atom. The van der Waals surface area contributed by atoms with Crippen LogP contribution >= 0.6 is 0 Å². The maximum absolute atomic E-state index is 13.5. The third-order valence-electron chi connectivity index (χ3n) is 6.09. The zero-order valence-corrected chi connectivity index (χ0v) is 17.4. The maximum Gasteiger partial charge on any atom is 0.256 e. The molecule has 2 aromatic rings. The number of hydrogen-bond donors (Lipinski definition) is 1. The summed E-state index contributed by atoms with van der Waals surface area (Å²) in [6.45, 7) is 5.66. The van der Waals surface area contributed by atoms with Crippen molar-refractivity contribution in [2.45, 2.75) is 32.6 Å². The second-order valence-electron chi connectivity index (χ2n) is 8.37. The SMILES string of the molecule is CC1CCN(c2ccc(NC(=O)c3cccc(F)c3)cc2C(=O)N2CCCC2)CC1. The third kappa shape index (κ3) is 4.48. The Balaban J connectivity index is 1.61. The molecule has 30 heavy (non-hydrogen) atoms. The van der Waals surface area contributed by atoms with Crippen molar-refractivity contribution < 1.29 is 14.0 Å². The lowest BCUT2D eigenvalue weighted by Gasteiger charge is -2.34. The number of amides is 2. The van der Waals surface area contributed by atoms with E-state index >= 15 is 0 Å². The van der Waals surface area contributed by atoms with Crippen LogP contribution in [0, 0.1) is 11.7 Å². The molecule has 4 rings (SSSR count). The molecule has 0 aromatic heterocycles. The van der Waals surface area contributed by atoms with Crippen LogP contribution in [0.3, 0.4) is 0 Å². The van der Waals surface area contributed by atoms with Crippen LogP contribution in [0.25, 0.3) is 0 Å². The van der Waals surface area contributed by atoms with Gasteiger partial charge >= 0.3 is 0 Å². The maximum atomic E-state index is 13.5. The zero-order valence-electron chi connectivity index (χ0n) is 17.4. The van der Waals surface area contributed by atoms with E-state index in [1.54, 1.807) is 12.1 Å². The van der Waals surface area contributed by atoms with E-state index in [4.69, 9.17) is 0 Å². The highest BCUT2D eigenvalue weighted by Gasteiger charge is 2.26. The van der Waals surface area contributed by atoms with Crippen molar-refractivity contribution in [3.05, 3.63) is 59.4 Å². The molecule has 0 bridgehead atoms. The first-order valence-corrected chi connectivity index (χ1v) is 10.8. The van der Waals surface area contributed by atoms with Gasteiger partial charge in [0, 0.05) is 43.1 Å². The number of likely N-dealkylation sites (tertiary alicyclic amines) is 1. The van der Waals surface area contributed by atoms with E-state index in [1.165, 1.54) is 18.2 Å². The molecule has 2 aliphatic rings. The lowest BCUT2D eigenvalue weighted by atomic mass is 9.97. The minimum absolute atomic E-state index is 0.0166. The molecule has 2 aromatic carbocycles. The molecule has 2 heterocycles. The average molecular weight is 410 g/mol. The number of carbonyl (C=O) groups excluding carboxylic acids is 2. The highest BCUT2D eigenvalue weighted by atomic mass is 19.1. The van der Waals surface area contributed by atoms with Gasteiger partial charge in [0.15, 0.2) is 0 Å². The number of halogens is 1. The van der Waals surface area contributed by atoms with Crippen LogP contribution in [0.15, 0.2) is 42.5 Å². The van der Waals surface area contributed by atoms with E-state index in [0.717, 1.165) is 57.5 Å². The number of nitrogens with one attached hydrogen (secondary N) is 1. The normalized spacial score (nSPS) is 17.3. The van der Waals surface area contributed by atoms with Crippen molar-refractivity contribution in [3.8, 4) is 0 Å². The Kier molecular flexibility index (Phi) is 6.02. The van der Waals surface area contributed by atoms with Gasteiger partial charge in [0.25, 0.3) is 11.8 Å². The molecule has 0 aliphatic carbocycles.